The van der Waals surface area contributed by atoms with Crippen LogP contribution < -0.4 is 9.47 Å². The lowest BCUT2D eigenvalue weighted by Crippen LogP contribution is -2.27. The van der Waals surface area contributed by atoms with Crippen molar-refractivity contribution in [1.82, 2.24) is 4.90 Å². The van der Waals surface area contributed by atoms with Crippen LogP contribution >= 0.6 is 0 Å². The highest BCUT2D eigenvalue weighted by atomic mass is 16.5. The molecule has 96 valence electrons. The van der Waals surface area contributed by atoms with Gasteiger partial charge in [0.05, 0.1) is 0 Å². The van der Waals surface area contributed by atoms with E-state index in [1.54, 1.807) is 32.3 Å². The van der Waals surface area contributed by atoms with E-state index < -0.39 is 0 Å². The largest absolute Gasteiger partial charge is 0.486 e. The van der Waals surface area contributed by atoms with Gasteiger partial charge in [0.25, 0.3) is 5.91 Å². The molecule has 1 heterocycles. The fourth-order valence-electron chi connectivity index (χ4n) is 1.53. The standard InChI is InChI=1S/C12H14N2O4/c1-14(2)12(15)7-17-8-3-4-9-10(13-16)6-18-11(9)5-8/h3-5,16H,6-7H2,1-2H3/b13-10+. The van der Waals surface area contributed by atoms with E-state index >= 15 is 0 Å². The van der Waals surface area contributed by atoms with E-state index in [9.17, 15) is 4.79 Å². The Hall–Kier alpha value is -2.24. The lowest BCUT2D eigenvalue weighted by atomic mass is 10.1. The Balaban J connectivity index is 2.07. The number of carbonyl (C=O) groups is 1. The zero-order valence-electron chi connectivity index (χ0n) is 10.2. The molecule has 0 bridgehead atoms. The molecule has 0 radical (unpaired) electrons. The fourth-order valence-corrected chi connectivity index (χ4v) is 1.53. The first kappa shape index (κ1) is 12.2. The van der Waals surface area contributed by atoms with Gasteiger partial charge in [0, 0.05) is 25.7 Å². The molecule has 0 spiro atoms. The average molecular weight is 250 g/mol. The summed E-state index contributed by atoms with van der Waals surface area (Å²) in [5, 5.41) is 11.9. The van der Waals surface area contributed by atoms with Crippen LogP contribution in [0.15, 0.2) is 23.4 Å². The van der Waals surface area contributed by atoms with Gasteiger partial charge in [-0.1, -0.05) is 5.16 Å². The summed E-state index contributed by atoms with van der Waals surface area (Å²) in [6.07, 6.45) is 0. The summed E-state index contributed by atoms with van der Waals surface area (Å²) in [4.78, 5) is 12.8. The predicted molar refractivity (Wildman–Crippen MR) is 64.4 cm³/mol. The van der Waals surface area contributed by atoms with Gasteiger partial charge in [-0.2, -0.15) is 0 Å². The molecule has 0 saturated carbocycles. The molecular weight excluding hydrogens is 236 g/mol. The van der Waals surface area contributed by atoms with E-state index in [1.165, 1.54) is 4.90 Å². The first-order chi connectivity index (χ1) is 8.61. The molecule has 1 aliphatic rings. The van der Waals surface area contributed by atoms with Crippen LogP contribution in [-0.4, -0.2) is 49.0 Å². The number of rotatable bonds is 3. The van der Waals surface area contributed by atoms with Crippen LogP contribution in [0.4, 0.5) is 0 Å². The van der Waals surface area contributed by atoms with Crippen molar-refractivity contribution in [3.05, 3.63) is 23.8 Å². The monoisotopic (exact) mass is 250 g/mol. The number of ether oxygens (including phenoxy) is 2. The number of fused-ring (bicyclic) bond motifs is 1. The second kappa shape index (κ2) is 4.95. The first-order valence-electron chi connectivity index (χ1n) is 5.43. The quantitative estimate of drug-likeness (QED) is 0.634. The molecule has 0 aliphatic carbocycles. The van der Waals surface area contributed by atoms with E-state index in [0.717, 1.165) is 5.56 Å². The Kier molecular flexibility index (Phi) is 3.36. The Morgan fingerprint density at radius 3 is 3.00 bits per heavy atom. The molecule has 1 aliphatic heterocycles. The van der Waals surface area contributed by atoms with Crippen LogP contribution in [0.1, 0.15) is 5.56 Å². The maximum atomic E-state index is 11.4. The molecule has 0 saturated heterocycles. The smallest absolute Gasteiger partial charge is 0.259 e. The first-order valence-corrected chi connectivity index (χ1v) is 5.43. The molecule has 2 rings (SSSR count). The van der Waals surface area contributed by atoms with E-state index in [4.69, 9.17) is 14.7 Å². The molecule has 18 heavy (non-hydrogen) atoms. The van der Waals surface area contributed by atoms with Gasteiger partial charge in [-0.05, 0) is 12.1 Å². The third kappa shape index (κ3) is 2.37. The van der Waals surface area contributed by atoms with Gasteiger partial charge in [-0.3, -0.25) is 4.79 Å². The zero-order valence-corrected chi connectivity index (χ0v) is 10.2. The van der Waals surface area contributed by atoms with Gasteiger partial charge in [-0.25, -0.2) is 0 Å². The van der Waals surface area contributed by atoms with Crippen molar-refractivity contribution in [2.24, 2.45) is 5.16 Å². The van der Waals surface area contributed by atoms with Gasteiger partial charge in [0.15, 0.2) is 6.61 Å². The lowest BCUT2D eigenvalue weighted by molar-refractivity contribution is -0.130. The minimum atomic E-state index is -0.117. The van der Waals surface area contributed by atoms with E-state index in [2.05, 4.69) is 5.16 Å². The molecule has 1 amide bonds. The number of hydrogen-bond donors (Lipinski definition) is 1. The summed E-state index contributed by atoms with van der Waals surface area (Å²) in [6, 6.07) is 5.13. The van der Waals surface area contributed by atoms with Crippen LogP contribution in [0.3, 0.4) is 0 Å². The zero-order chi connectivity index (χ0) is 13.1. The number of oxime groups is 1. The van der Waals surface area contributed by atoms with Crippen molar-refractivity contribution < 1.29 is 19.5 Å². The molecule has 6 nitrogen and oxygen atoms in total. The third-order valence-corrected chi connectivity index (χ3v) is 2.61. The number of amides is 1. The van der Waals surface area contributed by atoms with Crippen LogP contribution in [0.2, 0.25) is 0 Å². The van der Waals surface area contributed by atoms with Crippen LogP contribution in [0.25, 0.3) is 0 Å². The topological polar surface area (TPSA) is 71.4 Å². The summed E-state index contributed by atoms with van der Waals surface area (Å²) in [5.41, 5.74) is 1.23. The summed E-state index contributed by atoms with van der Waals surface area (Å²) in [6.45, 7) is 0.221. The van der Waals surface area contributed by atoms with Crippen LogP contribution in [-0.2, 0) is 4.79 Å². The normalized spacial score (nSPS) is 15.1. The number of hydrogen-bond acceptors (Lipinski definition) is 5. The molecule has 6 heteroatoms. The molecule has 1 aromatic rings. The highest BCUT2D eigenvalue weighted by Gasteiger charge is 2.20. The fraction of sp³-hybridized carbons (Fsp3) is 0.333. The Morgan fingerprint density at radius 2 is 2.33 bits per heavy atom. The summed E-state index contributed by atoms with van der Waals surface area (Å²) in [7, 11) is 3.34. The Labute approximate surface area is 104 Å². The molecule has 0 fully saturated rings. The van der Waals surface area contributed by atoms with Crippen LogP contribution in [0, 0.1) is 0 Å². The van der Waals surface area contributed by atoms with Crippen molar-refractivity contribution in [2.45, 2.75) is 0 Å². The molecule has 0 aromatic heterocycles. The van der Waals surface area contributed by atoms with Gasteiger partial charge in [0.1, 0.15) is 23.8 Å². The summed E-state index contributed by atoms with van der Waals surface area (Å²) < 4.78 is 10.7. The predicted octanol–water partition coefficient (Wildman–Crippen LogP) is 0.724. The summed E-state index contributed by atoms with van der Waals surface area (Å²) >= 11 is 0. The van der Waals surface area contributed by atoms with Crippen molar-refractivity contribution >= 4 is 11.6 Å². The minimum Gasteiger partial charge on any atom is -0.486 e. The Bertz CT molecular complexity index is 497. The molecule has 0 atom stereocenters. The van der Waals surface area contributed by atoms with Gasteiger partial charge in [0.2, 0.25) is 0 Å². The van der Waals surface area contributed by atoms with Gasteiger partial charge >= 0.3 is 0 Å². The maximum absolute atomic E-state index is 11.4. The maximum Gasteiger partial charge on any atom is 0.259 e. The second-order valence-corrected chi connectivity index (χ2v) is 4.07. The number of nitrogens with zero attached hydrogens (tertiary/aromatic N) is 2. The van der Waals surface area contributed by atoms with E-state index in [0.29, 0.717) is 17.2 Å². The molecule has 0 unspecified atom stereocenters. The SMILES string of the molecule is CN(C)C(=O)COc1ccc2c(c1)OC/C2=N\O. The van der Waals surface area contributed by atoms with Crippen molar-refractivity contribution in [3.8, 4) is 11.5 Å². The number of carbonyl (C=O) groups excluding carboxylic acids is 1. The van der Waals surface area contributed by atoms with E-state index in [-0.39, 0.29) is 19.1 Å². The van der Waals surface area contributed by atoms with Crippen LogP contribution in [0.5, 0.6) is 11.5 Å². The highest BCUT2D eigenvalue weighted by molar-refractivity contribution is 6.06. The molecule has 1 aromatic carbocycles. The second-order valence-electron chi connectivity index (χ2n) is 4.07. The van der Waals surface area contributed by atoms with Gasteiger partial charge in [-0.15, -0.1) is 0 Å². The number of benzene rings is 1. The molecular formula is C12H14N2O4. The third-order valence-electron chi connectivity index (χ3n) is 2.61. The minimum absolute atomic E-state index is 0.0211. The van der Waals surface area contributed by atoms with Crippen molar-refractivity contribution in [2.75, 3.05) is 27.3 Å². The lowest BCUT2D eigenvalue weighted by Gasteiger charge is -2.11. The molecule has 1 N–H and O–H groups in total. The van der Waals surface area contributed by atoms with Crippen molar-refractivity contribution in [1.29, 1.82) is 0 Å². The van der Waals surface area contributed by atoms with Crippen molar-refractivity contribution in [3.63, 3.8) is 0 Å². The Morgan fingerprint density at radius 1 is 1.56 bits per heavy atom. The highest BCUT2D eigenvalue weighted by Crippen LogP contribution is 2.29. The van der Waals surface area contributed by atoms with E-state index in [1.807, 2.05) is 0 Å². The van der Waals surface area contributed by atoms with Gasteiger partial charge < -0.3 is 19.6 Å². The average Bonchev–Trinajstić information content (AvgIpc) is 2.77. The number of likely N-dealkylation sites (N-methyl/N-ethyl adjacent to an activating group) is 1. The summed E-state index contributed by atoms with van der Waals surface area (Å²) in [5.74, 6) is 1.02.